The van der Waals surface area contributed by atoms with Crippen LogP contribution in [0.5, 0.6) is 17.2 Å². The van der Waals surface area contributed by atoms with E-state index in [4.69, 9.17) is 25.5 Å². The van der Waals surface area contributed by atoms with Crippen molar-refractivity contribution in [2.75, 3.05) is 5.32 Å². The minimum atomic E-state index is -0.649. The zero-order valence-corrected chi connectivity index (χ0v) is 21.8. The van der Waals surface area contributed by atoms with E-state index in [0.29, 0.717) is 5.75 Å². The largest absolute Gasteiger partial charge is 0.484 e. The van der Waals surface area contributed by atoms with Gasteiger partial charge in [0.2, 0.25) is 0 Å². The highest BCUT2D eigenvalue weighted by molar-refractivity contribution is 6.32. The van der Waals surface area contributed by atoms with Crippen LogP contribution in [0.25, 0.3) is 0 Å². The summed E-state index contributed by atoms with van der Waals surface area (Å²) >= 11 is 6.03. The molecule has 0 aliphatic rings. The fourth-order valence-electron chi connectivity index (χ4n) is 3.69. The molecule has 0 aliphatic carbocycles. The van der Waals surface area contributed by atoms with Crippen LogP contribution in [-0.4, -0.2) is 15.8 Å². The lowest BCUT2D eigenvalue weighted by Gasteiger charge is -2.13. The second-order valence-corrected chi connectivity index (χ2v) is 9.07. The summed E-state index contributed by atoms with van der Waals surface area (Å²) in [5.41, 5.74) is 2.57. The lowest BCUT2D eigenvalue weighted by atomic mass is 10.1. The maximum Gasteiger partial charge on any atom is 0.291 e. The van der Waals surface area contributed by atoms with E-state index in [1.807, 2.05) is 32.9 Å². The van der Waals surface area contributed by atoms with Crippen LogP contribution in [-0.2, 0) is 6.61 Å². The van der Waals surface area contributed by atoms with Crippen molar-refractivity contribution >= 4 is 34.6 Å². The molecule has 0 fully saturated rings. The number of carbonyl (C=O) groups is 1. The predicted molar refractivity (Wildman–Crippen MR) is 143 cm³/mol. The molecule has 0 saturated heterocycles. The smallest absolute Gasteiger partial charge is 0.291 e. The Hall–Kier alpha value is -4.90. The molecule has 0 saturated carbocycles. The molecular formula is C27H22ClN3O8. The molecule has 0 spiro atoms. The van der Waals surface area contributed by atoms with E-state index in [1.165, 1.54) is 42.5 Å². The number of nitro benzene ring substituents is 2. The van der Waals surface area contributed by atoms with Crippen LogP contribution in [0, 0.1) is 41.0 Å². The molecular weight excluding hydrogens is 530 g/mol. The van der Waals surface area contributed by atoms with E-state index in [1.54, 1.807) is 0 Å². The molecule has 1 amide bonds. The average Bonchev–Trinajstić information content (AvgIpc) is 3.35. The lowest BCUT2D eigenvalue weighted by Crippen LogP contribution is -2.11. The van der Waals surface area contributed by atoms with Gasteiger partial charge in [-0.3, -0.25) is 25.0 Å². The second-order valence-electron chi connectivity index (χ2n) is 8.66. The van der Waals surface area contributed by atoms with E-state index in [9.17, 15) is 25.0 Å². The number of aryl methyl sites for hydroxylation is 2. The zero-order chi connectivity index (χ0) is 28.3. The summed E-state index contributed by atoms with van der Waals surface area (Å²) in [6.45, 7) is 5.64. The zero-order valence-electron chi connectivity index (χ0n) is 21.0. The number of furan rings is 1. The summed E-state index contributed by atoms with van der Waals surface area (Å²) in [5.74, 6) is 0.497. The Balaban J connectivity index is 1.48. The fraction of sp³-hybridized carbons (Fsp3) is 0.148. The van der Waals surface area contributed by atoms with Crippen molar-refractivity contribution in [2.45, 2.75) is 27.4 Å². The minimum absolute atomic E-state index is 0.0495. The first kappa shape index (κ1) is 27.1. The monoisotopic (exact) mass is 551 g/mol. The highest BCUT2D eigenvalue weighted by Gasteiger charge is 2.18. The third kappa shape index (κ3) is 6.51. The number of hydrogen-bond acceptors (Lipinski definition) is 8. The van der Waals surface area contributed by atoms with Crippen molar-refractivity contribution in [1.29, 1.82) is 0 Å². The number of anilines is 1. The summed E-state index contributed by atoms with van der Waals surface area (Å²) < 4.78 is 17.0. The average molecular weight is 552 g/mol. The van der Waals surface area contributed by atoms with Gasteiger partial charge in [-0.15, -0.1) is 0 Å². The van der Waals surface area contributed by atoms with Crippen molar-refractivity contribution in [1.82, 2.24) is 0 Å². The molecule has 0 bridgehead atoms. The van der Waals surface area contributed by atoms with Gasteiger partial charge in [0.1, 0.15) is 29.6 Å². The summed E-state index contributed by atoms with van der Waals surface area (Å²) in [5, 5.41) is 25.0. The third-order valence-electron chi connectivity index (χ3n) is 5.73. The number of benzene rings is 3. The Kier molecular flexibility index (Phi) is 7.82. The molecule has 4 aromatic rings. The summed E-state index contributed by atoms with van der Waals surface area (Å²) in [6, 6.07) is 14.5. The molecule has 1 heterocycles. The van der Waals surface area contributed by atoms with Crippen LogP contribution in [0.4, 0.5) is 17.1 Å². The quantitative estimate of drug-likeness (QED) is 0.168. The Labute approximate surface area is 227 Å². The fourth-order valence-corrected chi connectivity index (χ4v) is 3.92. The molecule has 0 aliphatic heterocycles. The van der Waals surface area contributed by atoms with Crippen LogP contribution >= 0.6 is 11.6 Å². The van der Waals surface area contributed by atoms with Crippen molar-refractivity contribution < 1.29 is 28.5 Å². The molecule has 1 aromatic heterocycles. The SMILES string of the molecule is Cc1cc(C)c(C)c(Oc2cc(NC(=O)c3ccc(COc4ccc([N+](=O)[O-])cc4Cl)o3)cc([N+](=O)[O-])c2)c1. The molecule has 12 heteroatoms. The number of amides is 1. The van der Waals surface area contributed by atoms with Gasteiger partial charge in [0.15, 0.2) is 5.76 Å². The van der Waals surface area contributed by atoms with Crippen LogP contribution in [0.2, 0.25) is 5.02 Å². The summed E-state index contributed by atoms with van der Waals surface area (Å²) in [6.07, 6.45) is 0. The maximum absolute atomic E-state index is 12.8. The standard InChI is InChI=1S/C27H22ClN3O8/c1-15-8-16(2)17(3)26(9-15)39-22-11-18(10-20(12-22)31(35)36)29-27(32)25-7-5-21(38-25)14-37-24-6-4-19(30(33)34)13-23(24)28/h4-13H,14H2,1-3H3,(H,29,32). The molecule has 39 heavy (non-hydrogen) atoms. The molecule has 1 N–H and O–H groups in total. The normalized spacial score (nSPS) is 10.7. The molecule has 0 radical (unpaired) electrons. The number of halogens is 1. The summed E-state index contributed by atoms with van der Waals surface area (Å²) in [7, 11) is 0. The van der Waals surface area contributed by atoms with Gasteiger partial charge < -0.3 is 19.2 Å². The Morgan fingerprint density at radius 1 is 0.923 bits per heavy atom. The molecule has 3 aromatic carbocycles. The number of nitro groups is 2. The van der Waals surface area contributed by atoms with Gasteiger partial charge >= 0.3 is 0 Å². The van der Waals surface area contributed by atoms with Crippen LogP contribution in [0.15, 0.2) is 65.1 Å². The number of nitrogens with zero attached hydrogens (tertiary/aromatic N) is 2. The Bertz CT molecular complexity index is 1600. The number of nitrogens with one attached hydrogen (secondary N) is 1. The van der Waals surface area contributed by atoms with Crippen molar-refractivity contribution in [3.63, 3.8) is 0 Å². The Morgan fingerprint density at radius 2 is 1.67 bits per heavy atom. The van der Waals surface area contributed by atoms with E-state index in [-0.39, 0.29) is 51.7 Å². The number of carbonyl (C=O) groups excluding carboxylic acids is 1. The predicted octanol–water partition coefficient (Wildman–Crippen LogP) is 7.30. The van der Waals surface area contributed by atoms with Gasteiger partial charge in [-0.1, -0.05) is 17.7 Å². The van der Waals surface area contributed by atoms with Crippen LogP contribution < -0.4 is 14.8 Å². The first-order valence-electron chi connectivity index (χ1n) is 11.5. The van der Waals surface area contributed by atoms with Gasteiger partial charge in [-0.2, -0.15) is 0 Å². The highest BCUT2D eigenvalue weighted by atomic mass is 35.5. The number of non-ortho nitro benzene ring substituents is 2. The van der Waals surface area contributed by atoms with E-state index >= 15 is 0 Å². The second kappa shape index (κ2) is 11.2. The van der Waals surface area contributed by atoms with Gasteiger partial charge in [0, 0.05) is 24.3 Å². The highest BCUT2D eigenvalue weighted by Crippen LogP contribution is 2.33. The first-order valence-corrected chi connectivity index (χ1v) is 11.9. The number of hydrogen-bond donors (Lipinski definition) is 1. The van der Waals surface area contributed by atoms with Crippen LogP contribution in [0.3, 0.4) is 0 Å². The number of ether oxygens (including phenoxy) is 2. The van der Waals surface area contributed by atoms with Crippen molar-refractivity contribution in [2.24, 2.45) is 0 Å². The van der Waals surface area contributed by atoms with Gasteiger partial charge in [0.05, 0.1) is 26.6 Å². The van der Waals surface area contributed by atoms with Gasteiger partial charge in [-0.05, 0) is 61.7 Å². The first-order chi connectivity index (χ1) is 18.5. The maximum atomic E-state index is 12.8. The van der Waals surface area contributed by atoms with Crippen molar-refractivity contribution in [3.05, 3.63) is 114 Å². The third-order valence-corrected chi connectivity index (χ3v) is 6.03. The molecule has 0 atom stereocenters. The molecule has 4 rings (SSSR count). The molecule has 0 unspecified atom stereocenters. The minimum Gasteiger partial charge on any atom is -0.484 e. The van der Waals surface area contributed by atoms with E-state index in [0.717, 1.165) is 22.8 Å². The van der Waals surface area contributed by atoms with Crippen LogP contribution in [0.1, 0.15) is 33.0 Å². The van der Waals surface area contributed by atoms with Crippen molar-refractivity contribution in [3.8, 4) is 17.2 Å². The number of rotatable bonds is 9. The molecule has 11 nitrogen and oxygen atoms in total. The molecule has 200 valence electrons. The summed E-state index contributed by atoms with van der Waals surface area (Å²) in [4.78, 5) is 34.0. The topological polar surface area (TPSA) is 147 Å². The van der Waals surface area contributed by atoms with E-state index in [2.05, 4.69) is 5.32 Å². The van der Waals surface area contributed by atoms with Gasteiger partial charge in [0.25, 0.3) is 17.3 Å². The lowest BCUT2D eigenvalue weighted by molar-refractivity contribution is -0.385. The Morgan fingerprint density at radius 3 is 2.36 bits per heavy atom. The van der Waals surface area contributed by atoms with Gasteiger partial charge in [-0.25, -0.2) is 0 Å². The van der Waals surface area contributed by atoms with E-state index < -0.39 is 15.8 Å².